The fourth-order valence-corrected chi connectivity index (χ4v) is 7.72. The molecule has 0 bridgehead atoms. The van der Waals surface area contributed by atoms with E-state index >= 15 is 0 Å². The van der Waals surface area contributed by atoms with E-state index in [9.17, 15) is 39.2 Å². The molecule has 12 heteroatoms. The molecule has 2 aromatic rings. The third-order valence-electron chi connectivity index (χ3n) is 6.48. The summed E-state index contributed by atoms with van der Waals surface area (Å²) in [6.07, 6.45) is -3.15. The number of likely N-dealkylation sites (tertiary alicyclic amines) is 1. The number of piperidine rings is 1. The zero-order chi connectivity index (χ0) is 26.9. The van der Waals surface area contributed by atoms with E-state index in [0.717, 1.165) is 36.6 Å². The SMILES string of the molecule is CCC(C1CCN(C(=O)Cc2ccc(F)cc2S(C)(=O)=O)CC1)S(=O)(=O)c1cccc(C(F)(F)F)c1. The molecule has 0 saturated carbocycles. The van der Waals surface area contributed by atoms with Crippen molar-refractivity contribution in [2.75, 3.05) is 19.3 Å². The van der Waals surface area contributed by atoms with Gasteiger partial charge in [0.25, 0.3) is 0 Å². The van der Waals surface area contributed by atoms with Crippen LogP contribution in [0.3, 0.4) is 0 Å². The summed E-state index contributed by atoms with van der Waals surface area (Å²) in [7, 11) is -7.81. The smallest absolute Gasteiger partial charge is 0.342 e. The highest BCUT2D eigenvalue weighted by Crippen LogP contribution is 2.35. The van der Waals surface area contributed by atoms with E-state index in [4.69, 9.17) is 0 Å². The van der Waals surface area contributed by atoms with Crippen LogP contribution in [-0.2, 0) is 37.1 Å². The highest BCUT2D eigenvalue weighted by atomic mass is 32.2. The third kappa shape index (κ3) is 6.26. The monoisotopic (exact) mass is 549 g/mol. The second kappa shape index (κ2) is 10.5. The minimum Gasteiger partial charge on any atom is -0.342 e. The molecule has 0 radical (unpaired) electrons. The molecule has 0 spiro atoms. The van der Waals surface area contributed by atoms with E-state index < -0.39 is 42.5 Å². The van der Waals surface area contributed by atoms with Gasteiger partial charge >= 0.3 is 6.18 Å². The Balaban J connectivity index is 1.72. The lowest BCUT2D eigenvalue weighted by atomic mass is 9.91. The molecule has 1 aliphatic rings. The van der Waals surface area contributed by atoms with Gasteiger partial charge in [-0.1, -0.05) is 19.1 Å². The van der Waals surface area contributed by atoms with Crippen LogP contribution >= 0.6 is 0 Å². The molecule has 1 unspecified atom stereocenters. The van der Waals surface area contributed by atoms with Gasteiger partial charge in [-0.2, -0.15) is 13.2 Å². The van der Waals surface area contributed by atoms with E-state index in [2.05, 4.69) is 0 Å². The van der Waals surface area contributed by atoms with Crippen molar-refractivity contribution >= 4 is 25.6 Å². The minimum absolute atomic E-state index is 0.171. The zero-order valence-electron chi connectivity index (χ0n) is 19.8. The Morgan fingerprint density at radius 3 is 2.25 bits per heavy atom. The molecule has 198 valence electrons. The van der Waals surface area contributed by atoms with Gasteiger partial charge in [0.2, 0.25) is 5.91 Å². The number of carbonyl (C=O) groups excluding carboxylic acids is 1. The maximum Gasteiger partial charge on any atom is 0.416 e. The lowest BCUT2D eigenvalue weighted by molar-refractivity contribution is -0.137. The first-order valence-corrected chi connectivity index (χ1v) is 14.8. The number of benzene rings is 2. The van der Waals surface area contributed by atoms with Gasteiger partial charge in [-0.25, -0.2) is 21.2 Å². The van der Waals surface area contributed by atoms with Gasteiger partial charge in [-0.05, 0) is 61.1 Å². The largest absolute Gasteiger partial charge is 0.416 e. The van der Waals surface area contributed by atoms with Crippen LogP contribution < -0.4 is 0 Å². The number of amides is 1. The Kier molecular flexibility index (Phi) is 8.19. The lowest BCUT2D eigenvalue weighted by Gasteiger charge is -2.35. The molecular weight excluding hydrogens is 522 g/mol. The summed E-state index contributed by atoms with van der Waals surface area (Å²) in [6.45, 7) is 2.09. The Bertz CT molecular complexity index is 1330. The van der Waals surface area contributed by atoms with Crippen molar-refractivity contribution in [2.24, 2.45) is 5.92 Å². The van der Waals surface area contributed by atoms with Crippen LogP contribution in [0.2, 0.25) is 0 Å². The quantitative estimate of drug-likeness (QED) is 0.481. The lowest BCUT2D eigenvalue weighted by Crippen LogP contribution is -2.43. The number of nitrogens with zero attached hydrogens (tertiary/aromatic N) is 1. The molecule has 1 atom stereocenters. The number of alkyl halides is 3. The third-order valence-corrected chi connectivity index (χ3v) is 10.1. The fourth-order valence-electron chi connectivity index (χ4n) is 4.65. The van der Waals surface area contributed by atoms with Crippen LogP contribution in [0.25, 0.3) is 0 Å². The summed E-state index contributed by atoms with van der Waals surface area (Å²) < 4.78 is 103. The average Bonchev–Trinajstić information content (AvgIpc) is 2.80. The van der Waals surface area contributed by atoms with E-state index in [1.807, 2.05) is 0 Å². The first kappa shape index (κ1) is 28.1. The van der Waals surface area contributed by atoms with Crippen molar-refractivity contribution in [3.05, 3.63) is 59.4 Å². The van der Waals surface area contributed by atoms with E-state index in [0.29, 0.717) is 18.9 Å². The molecule has 1 amide bonds. The zero-order valence-corrected chi connectivity index (χ0v) is 21.4. The Labute approximate surface area is 208 Å². The van der Waals surface area contributed by atoms with Gasteiger partial charge < -0.3 is 4.90 Å². The number of rotatable bonds is 7. The molecule has 1 heterocycles. The van der Waals surface area contributed by atoms with Gasteiger partial charge in [-0.15, -0.1) is 0 Å². The molecule has 36 heavy (non-hydrogen) atoms. The summed E-state index contributed by atoms with van der Waals surface area (Å²) in [5.74, 6) is -1.48. The second-order valence-corrected chi connectivity index (χ2v) is 13.1. The highest BCUT2D eigenvalue weighted by molar-refractivity contribution is 7.92. The van der Waals surface area contributed by atoms with Crippen molar-refractivity contribution in [3.8, 4) is 0 Å². The molecule has 0 aromatic heterocycles. The molecule has 1 aliphatic heterocycles. The number of sulfone groups is 2. The minimum atomic E-state index is -4.67. The first-order valence-electron chi connectivity index (χ1n) is 11.3. The number of carbonyl (C=O) groups is 1. The van der Waals surface area contributed by atoms with Crippen molar-refractivity contribution in [2.45, 2.75) is 53.8 Å². The molecular formula is C24H27F4NO5S2. The van der Waals surface area contributed by atoms with Crippen LogP contribution in [0.1, 0.15) is 37.3 Å². The summed E-state index contributed by atoms with van der Waals surface area (Å²) >= 11 is 0. The van der Waals surface area contributed by atoms with E-state index in [1.54, 1.807) is 6.92 Å². The standard InChI is InChI=1S/C24H27F4NO5S2/c1-3-21(36(33,34)20-6-4-5-18(14-20)24(26,27)28)16-9-11-29(12-10-16)23(30)13-17-7-8-19(25)15-22(17)35(2,31)32/h4-8,14-16,21H,3,9-13H2,1-2H3. The van der Waals surface area contributed by atoms with Gasteiger partial charge in [0, 0.05) is 19.3 Å². The Morgan fingerprint density at radius 1 is 1.06 bits per heavy atom. The van der Waals surface area contributed by atoms with Crippen molar-refractivity contribution < 1.29 is 39.2 Å². The number of hydrogen-bond acceptors (Lipinski definition) is 5. The van der Waals surface area contributed by atoms with Crippen LogP contribution in [0.5, 0.6) is 0 Å². The van der Waals surface area contributed by atoms with Crippen LogP contribution in [-0.4, -0.2) is 52.2 Å². The first-order chi connectivity index (χ1) is 16.6. The van der Waals surface area contributed by atoms with Gasteiger partial charge in [0.15, 0.2) is 19.7 Å². The van der Waals surface area contributed by atoms with Crippen molar-refractivity contribution in [3.63, 3.8) is 0 Å². The Hall–Kier alpha value is -2.47. The summed E-state index contributed by atoms with van der Waals surface area (Å²) in [5, 5.41) is -0.910. The normalized spacial score (nSPS) is 16.7. The van der Waals surface area contributed by atoms with E-state index in [1.165, 1.54) is 11.0 Å². The van der Waals surface area contributed by atoms with Crippen LogP contribution in [0.15, 0.2) is 52.3 Å². The molecule has 1 fully saturated rings. The molecule has 6 nitrogen and oxygen atoms in total. The Morgan fingerprint density at radius 2 is 1.69 bits per heavy atom. The van der Waals surface area contributed by atoms with E-state index in [-0.39, 0.29) is 53.1 Å². The highest BCUT2D eigenvalue weighted by Gasteiger charge is 2.38. The van der Waals surface area contributed by atoms with Gasteiger partial charge in [0.05, 0.1) is 27.0 Å². The fraction of sp³-hybridized carbons (Fsp3) is 0.458. The topological polar surface area (TPSA) is 88.6 Å². The molecule has 2 aromatic carbocycles. The number of hydrogen-bond donors (Lipinski definition) is 0. The van der Waals surface area contributed by atoms with Crippen molar-refractivity contribution in [1.29, 1.82) is 0 Å². The summed E-state index contributed by atoms with van der Waals surface area (Å²) in [6, 6.07) is 6.91. The molecule has 3 rings (SSSR count). The van der Waals surface area contributed by atoms with Gasteiger partial charge in [-0.3, -0.25) is 4.79 Å². The predicted molar refractivity (Wildman–Crippen MR) is 125 cm³/mol. The van der Waals surface area contributed by atoms with Crippen molar-refractivity contribution in [1.82, 2.24) is 4.90 Å². The second-order valence-electron chi connectivity index (χ2n) is 8.94. The molecule has 0 N–H and O–H groups in total. The maximum atomic E-state index is 13.6. The summed E-state index contributed by atoms with van der Waals surface area (Å²) in [5.41, 5.74) is -0.863. The maximum absolute atomic E-state index is 13.6. The molecule has 1 saturated heterocycles. The van der Waals surface area contributed by atoms with Gasteiger partial charge in [0.1, 0.15) is 5.82 Å². The average molecular weight is 550 g/mol. The van der Waals surface area contributed by atoms with Crippen LogP contribution in [0, 0.1) is 11.7 Å². The molecule has 0 aliphatic carbocycles. The summed E-state index contributed by atoms with van der Waals surface area (Å²) in [4.78, 5) is 13.7. The van der Waals surface area contributed by atoms with Crippen LogP contribution in [0.4, 0.5) is 17.6 Å². The number of halogens is 4. The predicted octanol–water partition coefficient (Wildman–Crippen LogP) is 4.28.